The third kappa shape index (κ3) is 2.22. The van der Waals surface area contributed by atoms with Gasteiger partial charge in [0.05, 0.1) is 12.2 Å². The van der Waals surface area contributed by atoms with Crippen molar-refractivity contribution in [2.75, 3.05) is 13.1 Å². The number of ether oxygens (including phenoxy) is 1. The maximum atomic E-state index is 9.97. The number of benzene rings is 1. The summed E-state index contributed by atoms with van der Waals surface area (Å²) in [6.07, 6.45) is 3.06. The first-order valence-electron chi connectivity index (χ1n) is 6.51. The van der Waals surface area contributed by atoms with Crippen molar-refractivity contribution in [3.63, 3.8) is 0 Å². The Balaban J connectivity index is 1.81. The number of nitrogens with zero attached hydrogens (tertiary/aromatic N) is 1. The Labute approximate surface area is 112 Å². The van der Waals surface area contributed by atoms with Gasteiger partial charge in [0, 0.05) is 29.7 Å². The van der Waals surface area contributed by atoms with E-state index in [2.05, 4.69) is 11.8 Å². The average molecular weight is 268 g/mol. The standard InChI is InChI=1S/C14H18ClNO2/c1-9(13-6-10(15)2-5-14(13)17)16-7-11-3-4-12(8-16)18-11/h2,5-6,9,11-12,17H,3-4,7-8H2,1H3. The Morgan fingerprint density at radius 1 is 1.33 bits per heavy atom. The van der Waals surface area contributed by atoms with E-state index in [1.54, 1.807) is 12.1 Å². The van der Waals surface area contributed by atoms with Gasteiger partial charge in [0.15, 0.2) is 0 Å². The quantitative estimate of drug-likeness (QED) is 0.894. The van der Waals surface area contributed by atoms with Crippen LogP contribution in [0.2, 0.25) is 5.02 Å². The molecule has 0 saturated carbocycles. The average Bonchev–Trinajstić information content (AvgIpc) is 2.70. The molecule has 2 bridgehead atoms. The first-order valence-corrected chi connectivity index (χ1v) is 6.89. The van der Waals surface area contributed by atoms with Gasteiger partial charge in [0.25, 0.3) is 0 Å². The van der Waals surface area contributed by atoms with Crippen LogP contribution in [0.1, 0.15) is 31.4 Å². The van der Waals surface area contributed by atoms with Gasteiger partial charge in [0.1, 0.15) is 5.75 Å². The van der Waals surface area contributed by atoms with Crippen LogP contribution < -0.4 is 0 Å². The van der Waals surface area contributed by atoms with Crippen molar-refractivity contribution < 1.29 is 9.84 Å². The predicted octanol–water partition coefficient (Wildman–Crippen LogP) is 2.97. The van der Waals surface area contributed by atoms with E-state index in [1.165, 1.54) is 0 Å². The van der Waals surface area contributed by atoms with Crippen LogP contribution in [0.5, 0.6) is 5.75 Å². The molecule has 4 heteroatoms. The van der Waals surface area contributed by atoms with Crippen LogP contribution in [0.15, 0.2) is 18.2 Å². The van der Waals surface area contributed by atoms with Gasteiger partial charge in [-0.05, 0) is 38.0 Å². The molecule has 2 saturated heterocycles. The summed E-state index contributed by atoms with van der Waals surface area (Å²) >= 11 is 6.02. The molecule has 3 unspecified atom stereocenters. The van der Waals surface area contributed by atoms with Gasteiger partial charge in [-0.2, -0.15) is 0 Å². The summed E-state index contributed by atoms with van der Waals surface area (Å²) in [7, 11) is 0. The Morgan fingerprint density at radius 3 is 2.67 bits per heavy atom. The number of hydrogen-bond acceptors (Lipinski definition) is 3. The van der Waals surface area contributed by atoms with Gasteiger partial charge < -0.3 is 9.84 Å². The maximum Gasteiger partial charge on any atom is 0.120 e. The molecule has 3 rings (SSSR count). The SMILES string of the molecule is CC(c1cc(Cl)ccc1O)N1CC2CCC(C1)O2. The van der Waals surface area contributed by atoms with Crippen molar-refractivity contribution in [3.8, 4) is 5.75 Å². The van der Waals surface area contributed by atoms with Gasteiger partial charge in [0.2, 0.25) is 0 Å². The van der Waals surface area contributed by atoms with E-state index in [1.807, 2.05) is 6.07 Å². The number of phenolic OH excluding ortho intramolecular Hbond substituents is 1. The lowest BCUT2D eigenvalue weighted by Crippen LogP contribution is -2.43. The van der Waals surface area contributed by atoms with Crippen molar-refractivity contribution >= 4 is 11.6 Å². The summed E-state index contributed by atoms with van der Waals surface area (Å²) in [5, 5.41) is 10.6. The van der Waals surface area contributed by atoms with Crippen LogP contribution in [0.25, 0.3) is 0 Å². The number of likely N-dealkylation sites (tertiary alicyclic amines) is 1. The van der Waals surface area contributed by atoms with Crippen LogP contribution >= 0.6 is 11.6 Å². The van der Waals surface area contributed by atoms with E-state index in [4.69, 9.17) is 16.3 Å². The molecule has 0 aliphatic carbocycles. The number of rotatable bonds is 2. The normalized spacial score (nSPS) is 29.4. The van der Waals surface area contributed by atoms with Gasteiger partial charge >= 0.3 is 0 Å². The second-order valence-electron chi connectivity index (χ2n) is 5.29. The molecule has 1 aromatic rings. The lowest BCUT2D eigenvalue weighted by molar-refractivity contribution is -0.0511. The highest BCUT2D eigenvalue weighted by atomic mass is 35.5. The van der Waals surface area contributed by atoms with Crippen LogP contribution in [0, 0.1) is 0 Å². The number of fused-ring (bicyclic) bond motifs is 2. The minimum atomic E-state index is 0.177. The molecular weight excluding hydrogens is 250 g/mol. The molecule has 2 aliphatic rings. The van der Waals surface area contributed by atoms with Crippen molar-refractivity contribution in [3.05, 3.63) is 28.8 Å². The topological polar surface area (TPSA) is 32.7 Å². The largest absolute Gasteiger partial charge is 0.508 e. The van der Waals surface area contributed by atoms with E-state index in [9.17, 15) is 5.11 Å². The summed E-state index contributed by atoms with van der Waals surface area (Å²) in [6, 6.07) is 5.42. The van der Waals surface area contributed by atoms with Crippen LogP contribution in [-0.2, 0) is 4.74 Å². The minimum absolute atomic E-state index is 0.177. The van der Waals surface area contributed by atoms with Gasteiger partial charge in [-0.25, -0.2) is 0 Å². The smallest absolute Gasteiger partial charge is 0.120 e. The fraction of sp³-hybridized carbons (Fsp3) is 0.571. The van der Waals surface area contributed by atoms with E-state index < -0.39 is 0 Å². The molecule has 98 valence electrons. The summed E-state index contributed by atoms with van der Waals surface area (Å²) in [5.41, 5.74) is 0.906. The number of hydrogen-bond donors (Lipinski definition) is 1. The molecule has 3 atom stereocenters. The van der Waals surface area contributed by atoms with Gasteiger partial charge in [-0.15, -0.1) is 0 Å². The van der Waals surface area contributed by atoms with Crippen LogP contribution in [-0.4, -0.2) is 35.3 Å². The van der Waals surface area contributed by atoms with Crippen molar-refractivity contribution in [2.45, 2.75) is 38.0 Å². The Hall–Kier alpha value is -0.770. The molecule has 3 nitrogen and oxygen atoms in total. The highest BCUT2D eigenvalue weighted by Crippen LogP contribution is 2.35. The second kappa shape index (κ2) is 4.72. The molecule has 0 amide bonds. The first-order chi connectivity index (χ1) is 8.63. The molecule has 0 spiro atoms. The van der Waals surface area contributed by atoms with Crippen LogP contribution in [0.3, 0.4) is 0 Å². The molecule has 0 aromatic heterocycles. The number of phenols is 1. The highest BCUT2D eigenvalue weighted by molar-refractivity contribution is 6.30. The van der Waals surface area contributed by atoms with E-state index in [0.29, 0.717) is 23.0 Å². The third-order valence-corrected chi connectivity index (χ3v) is 4.29. The molecule has 18 heavy (non-hydrogen) atoms. The Bertz CT molecular complexity index is 439. The fourth-order valence-corrected chi connectivity index (χ4v) is 3.20. The van der Waals surface area contributed by atoms with Crippen molar-refractivity contribution in [2.24, 2.45) is 0 Å². The molecule has 2 fully saturated rings. The lowest BCUT2D eigenvalue weighted by Gasteiger charge is -2.36. The van der Waals surface area contributed by atoms with Crippen molar-refractivity contribution in [1.29, 1.82) is 0 Å². The highest BCUT2D eigenvalue weighted by Gasteiger charge is 2.36. The predicted molar refractivity (Wildman–Crippen MR) is 71.0 cm³/mol. The monoisotopic (exact) mass is 267 g/mol. The molecule has 2 aliphatic heterocycles. The number of morpholine rings is 1. The summed E-state index contributed by atoms with van der Waals surface area (Å²) in [4.78, 5) is 2.39. The van der Waals surface area contributed by atoms with E-state index >= 15 is 0 Å². The molecule has 1 N–H and O–H groups in total. The van der Waals surface area contributed by atoms with Gasteiger partial charge in [-0.3, -0.25) is 4.90 Å². The summed E-state index contributed by atoms with van der Waals surface area (Å²) in [5.74, 6) is 0.325. The van der Waals surface area contributed by atoms with Crippen LogP contribution in [0.4, 0.5) is 0 Å². The number of halogens is 1. The maximum absolute atomic E-state index is 9.97. The number of aromatic hydroxyl groups is 1. The molecule has 0 radical (unpaired) electrons. The van der Waals surface area contributed by atoms with E-state index in [-0.39, 0.29) is 6.04 Å². The van der Waals surface area contributed by atoms with Crippen molar-refractivity contribution in [1.82, 2.24) is 4.90 Å². The Morgan fingerprint density at radius 2 is 2.00 bits per heavy atom. The second-order valence-corrected chi connectivity index (χ2v) is 5.73. The van der Waals surface area contributed by atoms with Gasteiger partial charge in [-0.1, -0.05) is 11.6 Å². The zero-order chi connectivity index (χ0) is 12.7. The fourth-order valence-electron chi connectivity index (χ4n) is 3.02. The molecule has 2 heterocycles. The zero-order valence-electron chi connectivity index (χ0n) is 10.5. The lowest BCUT2D eigenvalue weighted by atomic mass is 10.0. The first kappa shape index (κ1) is 12.3. The Kier molecular flexibility index (Phi) is 3.22. The summed E-state index contributed by atoms with van der Waals surface area (Å²) in [6.45, 7) is 4.02. The third-order valence-electron chi connectivity index (χ3n) is 4.06. The zero-order valence-corrected chi connectivity index (χ0v) is 11.2. The molecule has 1 aromatic carbocycles. The summed E-state index contributed by atoms with van der Waals surface area (Å²) < 4.78 is 5.84. The molecular formula is C14H18ClNO2. The van der Waals surface area contributed by atoms with E-state index in [0.717, 1.165) is 31.5 Å². The minimum Gasteiger partial charge on any atom is -0.508 e.